The highest BCUT2D eigenvalue weighted by atomic mass is 127. The fourth-order valence-electron chi connectivity index (χ4n) is 1.16. The number of hydrogen-bond acceptors (Lipinski definition) is 3. The number of halogens is 1. The molecule has 0 saturated heterocycles. The molecule has 0 bridgehead atoms. The van der Waals surface area contributed by atoms with Crippen LogP contribution in [0, 0.1) is 3.57 Å². The Hall–Kier alpha value is -0.890. The molecule has 0 atom stereocenters. The molecule has 0 spiro atoms. The first kappa shape index (κ1) is 10.6. The van der Waals surface area contributed by atoms with E-state index in [-0.39, 0.29) is 0 Å². The molecule has 0 aliphatic rings. The van der Waals surface area contributed by atoms with Crippen molar-refractivity contribution in [1.29, 1.82) is 0 Å². The molecule has 2 rings (SSSR count). The Morgan fingerprint density at radius 3 is 2.93 bits per heavy atom. The fourth-order valence-corrected chi connectivity index (χ4v) is 2.45. The predicted octanol–water partition coefficient (Wildman–Crippen LogP) is 2.30. The van der Waals surface area contributed by atoms with Gasteiger partial charge in [-0.3, -0.25) is 4.68 Å². The number of carboxylic acids is 1. The SMILES string of the molecule is O=C(O)c1ccc(Cn2cc(I)cn2)s1. The standard InChI is InChI=1S/C9H7IN2O2S/c10-6-3-11-12(4-6)5-7-1-2-8(15-7)9(13)14/h1-4H,5H2,(H,13,14). The van der Waals surface area contributed by atoms with Crippen LogP contribution in [-0.2, 0) is 6.54 Å². The maximum atomic E-state index is 10.7. The third kappa shape index (κ3) is 2.57. The van der Waals surface area contributed by atoms with Gasteiger partial charge in [0, 0.05) is 11.1 Å². The van der Waals surface area contributed by atoms with Gasteiger partial charge in [-0.05, 0) is 34.7 Å². The van der Waals surface area contributed by atoms with E-state index < -0.39 is 5.97 Å². The average Bonchev–Trinajstić information content (AvgIpc) is 2.76. The number of carboxylic acid groups (broad SMARTS) is 1. The molecular weight excluding hydrogens is 327 g/mol. The lowest BCUT2D eigenvalue weighted by Crippen LogP contribution is -1.97. The quantitative estimate of drug-likeness (QED) is 0.877. The Morgan fingerprint density at radius 1 is 1.60 bits per heavy atom. The van der Waals surface area contributed by atoms with Gasteiger partial charge in [0.25, 0.3) is 0 Å². The first-order valence-electron chi connectivity index (χ1n) is 4.15. The molecule has 1 N–H and O–H groups in total. The van der Waals surface area contributed by atoms with Crippen LogP contribution in [0.3, 0.4) is 0 Å². The summed E-state index contributed by atoms with van der Waals surface area (Å²) in [4.78, 5) is 12.0. The van der Waals surface area contributed by atoms with Gasteiger partial charge in [-0.1, -0.05) is 0 Å². The molecule has 4 nitrogen and oxygen atoms in total. The molecule has 0 aliphatic carbocycles. The molecule has 0 unspecified atom stereocenters. The summed E-state index contributed by atoms with van der Waals surface area (Å²) >= 11 is 3.47. The Kier molecular flexibility index (Phi) is 3.06. The summed E-state index contributed by atoms with van der Waals surface area (Å²) in [5.74, 6) is -0.874. The van der Waals surface area contributed by atoms with Gasteiger partial charge in [0.1, 0.15) is 4.88 Å². The van der Waals surface area contributed by atoms with Crippen molar-refractivity contribution in [2.45, 2.75) is 6.54 Å². The number of aromatic carboxylic acids is 1. The van der Waals surface area contributed by atoms with Gasteiger partial charge in [0.15, 0.2) is 0 Å². The van der Waals surface area contributed by atoms with E-state index in [0.29, 0.717) is 11.4 Å². The summed E-state index contributed by atoms with van der Waals surface area (Å²) in [5.41, 5.74) is 0. The lowest BCUT2D eigenvalue weighted by Gasteiger charge is -1.96. The van der Waals surface area contributed by atoms with Crippen molar-refractivity contribution >= 4 is 39.9 Å². The van der Waals surface area contributed by atoms with Crippen LogP contribution in [0.1, 0.15) is 14.5 Å². The zero-order valence-corrected chi connectivity index (χ0v) is 10.5. The number of hydrogen-bond donors (Lipinski definition) is 1. The molecule has 2 aromatic rings. The maximum absolute atomic E-state index is 10.7. The Morgan fingerprint density at radius 2 is 2.40 bits per heavy atom. The van der Waals surface area contributed by atoms with E-state index >= 15 is 0 Å². The summed E-state index contributed by atoms with van der Waals surface area (Å²) in [6.45, 7) is 0.626. The average molecular weight is 334 g/mol. The number of nitrogens with zero attached hydrogens (tertiary/aromatic N) is 2. The molecule has 6 heteroatoms. The van der Waals surface area contributed by atoms with Crippen LogP contribution < -0.4 is 0 Å². The minimum atomic E-state index is -0.874. The third-order valence-corrected chi connectivity index (χ3v) is 3.41. The third-order valence-electron chi connectivity index (χ3n) is 1.79. The number of rotatable bonds is 3. The van der Waals surface area contributed by atoms with Gasteiger partial charge in [0.05, 0.1) is 16.3 Å². The number of aromatic nitrogens is 2. The van der Waals surface area contributed by atoms with E-state index in [4.69, 9.17) is 5.11 Å². The molecule has 0 radical (unpaired) electrons. The van der Waals surface area contributed by atoms with Crippen LogP contribution in [0.2, 0.25) is 0 Å². The monoisotopic (exact) mass is 334 g/mol. The van der Waals surface area contributed by atoms with Gasteiger partial charge in [-0.15, -0.1) is 11.3 Å². The van der Waals surface area contributed by atoms with E-state index in [0.717, 1.165) is 8.45 Å². The Bertz CT molecular complexity index is 492. The largest absolute Gasteiger partial charge is 0.477 e. The molecule has 0 fully saturated rings. The Labute approximate surface area is 104 Å². The van der Waals surface area contributed by atoms with E-state index in [1.165, 1.54) is 11.3 Å². The Balaban J connectivity index is 2.14. The molecular formula is C9H7IN2O2S. The number of thiophene rings is 1. The van der Waals surface area contributed by atoms with Crippen LogP contribution in [0.4, 0.5) is 0 Å². The van der Waals surface area contributed by atoms with E-state index in [2.05, 4.69) is 27.7 Å². The molecule has 2 aromatic heterocycles. The van der Waals surface area contributed by atoms with E-state index in [1.54, 1.807) is 16.9 Å². The summed E-state index contributed by atoms with van der Waals surface area (Å²) in [5, 5.41) is 12.9. The van der Waals surface area contributed by atoms with Crippen molar-refractivity contribution in [2.24, 2.45) is 0 Å². The van der Waals surface area contributed by atoms with E-state index in [1.807, 2.05) is 12.3 Å². The second-order valence-corrected chi connectivity index (χ2v) is 5.34. The minimum absolute atomic E-state index is 0.367. The van der Waals surface area contributed by atoms with E-state index in [9.17, 15) is 4.79 Å². The zero-order chi connectivity index (χ0) is 10.8. The molecule has 0 amide bonds. The normalized spacial score (nSPS) is 10.5. The van der Waals surface area contributed by atoms with Gasteiger partial charge in [0.2, 0.25) is 0 Å². The summed E-state index contributed by atoms with van der Waals surface area (Å²) in [6, 6.07) is 3.44. The van der Waals surface area contributed by atoms with Crippen molar-refractivity contribution in [3.63, 3.8) is 0 Å². The predicted molar refractivity (Wildman–Crippen MR) is 65.3 cm³/mol. The topological polar surface area (TPSA) is 55.1 Å². The van der Waals surface area contributed by atoms with Crippen molar-refractivity contribution in [2.75, 3.05) is 0 Å². The molecule has 0 aliphatic heterocycles. The summed E-state index contributed by atoms with van der Waals surface area (Å²) in [7, 11) is 0. The molecule has 0 aromatic carbocycles. The van der Waals surface area contributed by atoms with Crippen molar-refractivity contribution < 1.29 is 9.90 Å². The molecule has 78 valence electrons. The van der Waals surface area contributed by atoms with Crippen molar-refractivity contribution in [1.82, 2.24) is 9.78 Å². The van der Waals surface area contributed by atoms with Crippen LogP contribution >= 0.6 is 33.9 Å². The second kappa shape index (κ2) is 4.31. The van der Waals surface area contributed by atoms with Crippen LogP contribution in [0.5, 0.6) is 0 Å². The first-order chi connectivity index (χ1) is 7.15. The van der Waals surface area contributed by atoms with Gasteiger partial charge >= 0.3 is 5.97 Å². The highest BCUT2D eigenvalue weighted by Gasteiger charge is 2.07. The van der Waals surface area contributed by atoms with Crippen LogP contribution in [0.25, 0.3) is 0 Å². The minimum Gasteiger partial charge on any atom is -0.477 e. The lowest BCUT2D eigenvalue weighted by atomic mass is 10.4. The smallest absolute Gasteiger partial charge is 0.345 e. The maximum Gasteiger partial charge on any atom is 0.345 e. The fraction of sp³-hybridized carbons (Fsp3) is 0.111. The van der Waals surface area contributed by atoms with Gasteiger partial charge in [-0.2, -0.15) is 5.10 Å². The number of carbonyl (C=O) groups is 1. The highest BCUT2D eigenvalue weighted by Crippen LogP contribution is 2.17. The van der Waals surface area contributed by atoms with Crippen LogP contribution in [-0.4, -0.2) is 20.9 Å². The second-order valence-electron chi connectivity index (χ2n) is 2.93. The molecule has 0 saturated carbocycles. The van der Waals surface area contributed by atoms with Crippen molar-refractivity contribution in [3.05, 3.63) is 37.9 Å². The first-order valence-corrected chi connectivity index (χ1v) is 6.04. The summed E-state index contributed by atoms with van der Waals surface area (Å²) in [6.07, 6.45) is 3.69. The zero-order valence-electron chi connectivity index (χ0n) is 7.55. The van der Waals surface area contributed by atoms with Gasteiger partial charge in [-0.25, -0.2) is 4.79 Å². The molecule has 15 heavy (non-hydrogen) atoms. The molecule has 2 heterocycles. The van der Waals surface area contributed by atoms with Crippen molar-refractivity contribution in [3.8, 4) is 0 Å². The highest BCUT2D eigenvalue weighted by molar-refractivity contribution is 14.1. The lowest BCUT2D eigenvalue weighted by molar-refractivity contribution is 0.0702. The summed E-state index contributed by atoms with van der Waals surface area (Å²) < 4.78 is 2.86. The van der Waals surface area contributed by atoms with Gasteiger partial charge < -0.3 is 5.11 Å². The van der Waals surface area contributed by atoms with Crippen LogP contribution in [0.15, 0.2) is 24.5 Å².